The van der Waals surface area contributed by atoms with E-state index in [4.69, 9.17) is 0 Å². The van der Waals surface area contributed by atoms with Crippen LogP contribution in [0, 0.1) is 0 Å². The van der Waals surface area contributed by atoms with Crippen molar-refractivity contribution in [2.45, 2.75) is 240 Å². The molecule has 7 aromatic rings. The van der Waals surface area contributed by atoms with Gasteiger partial charge in [-0.05, 0) is 169 Å². The lowest BCUT2D eigenvalue weighted by Crippen LogP contribution is -2.27. The van der Waals surface area contributed by atoms with Crippen molar-refractivity contribution in [3.63, 3.8) is 0 Å². The van der Waals surface area contributed by atoms with Crippen LogP contribution in [-0.4, -0.2) is 0 Å². The summed E-state index contributed by atoms with van der Waals surface area (Å²) in [7, 11) is 0. The lowest BCUT2D eigenvalue weighted by atomic mass is 9.68. The summed E-state index contributed by atoms with van der Waals surface area (Å²) in [4.78, 5) is 14.6. The third-order valence-corrected chi connectivity index (χ3v) is 24.7. The molecule has 0 N–H and O–H groups in total. The summed E-state index contributed by atoms with van der Waals surface area (Å²) in [6.07, 6.45) is 30.4. The van der Waals surface area contributed by atoms with Gasteiger partial charge in [0, 0.05) is 59.6 Å². The Kier molecular flexibility index (Phi) is 20.5. The van der Waals surface area contributed by atoms with Crippen molar-refractivity contribution >= 4 is 56.7 Å². The summed E-state index contributed by atoms with van der Waals surface area (Å²) in [6.45, 7) is 23.8. The van der Waals surface area contributed by atoms with Crippen molar-refractivity contribution in [3.8, 4) is 60.6 Å². The first-order chi connectivity index (χ1) is 36.0. The number of hydrogen-bond donors (Lipinski definition) is 0. The molecule has 0 nitrogen and oxygen atoms in total. The summed E-state index contributed by atoms with van der Waals surface area (Å²) < 4.78 is 0. The smallest absolute Gasteiger partial charge is 0.0484 e. The average molecular weight is 1080 g/mol. The fourth-order valence-electron chi connectivity index (χ4n) is 12.1. The quantitative estimate of drug-likeness (QED) is 0.0380. The average Bonchev–Trinajstić information content (AvgIpc) is 4.32. The maximum absolute atomic E-state index is 2.70. The van der Waals surface area contributed by atoms with Gasteiger partial charge in [0.25, 0.3) is 0 Å². The highest BCUT2D eigenvalue weighted by Crippen LogP contribution is 2.57. The van der Waals surface area contributed by atoms with Crippen LogP contribution in [0.15, 0.2) is 84.9 Å². The van der Waals surface area contributed by atoms with Crippen molar-refractivity contribution in [3.05, 3.63) is 118 Å². The second kappa shape index (κ2) is 26.5. The minimum Gasteiger partial charge on any atom is -0.139 e. The molecule has 8 rings (SSSR count). The number of thiophene rings is 5. The molecule has 0 saturated carbocycles. The Morgan fingerprint density at radius 2 is 0.784 bits per heavy atom. The van der Waals surface area contributed by atoms with Gasteiger partial charge in [-0.15, -0.1) is 56.7 Å². The molecule has 1 aliphatic rings. The molecular formula is C69H92S5. The van der Waals surface area contributed by atoms with E-state index in [9.17, 15) is 0 Å². The van der Waals surface area contributed by atoms with Gasteiger partial charge in [0.15, 0.2) is 0 Å². The van der Waals surface area contributed by atoms with Crippen LogP contribution < -0.4 is 0 Å². The highest BCUT2D eigenvalue weighted by atomic mass is 32.1. The fraction of sp³-hybridized carbons (Fsp3) is 0.536. The zero-order chi connectivity index (χ0) is 52.3. The van der Waals surface area contributed by atoms with Crippen molar-refractivity contribution in [2.24, 2.45) is 0 Å². The predicted octanol–water partition coefficient (Wildman–Crippen LogP) is 24.9. The van der Waals surface area contributed by atoms with Gasteiger partial charge in [-0.3, -0.25) is 0 Å². The predicted molar refractivity (Wildman–Crippen MR) is 338 cm³/mol. The Bertz CT molecular complexity index is 2820. The SMILES string of the molecule is CCCCCCc1c(-c2ccc(-c3ccc(-c4ccc5c(c4)C(CCCCCC)(CCCCCC)c4cc(C(C)(CC)CC)ccc4-5)s3)s2)sc(-c2ccc(-c3ccc(C(C)(CC)CC)s3)s2)c1CCCCCC. The van der Waals surface area contributed by atoms with E-state index in [1.165, 1.54) is 210 Å². The molecular weight excluding hydrogens is 989 g/mol. The van der Waals surface area contributed by atoms with E-state index in [-0.39, 0.29) is 16.2 Å². The first kappa shape index (κ1) is 57.1. The highest BCUT2D eigenvalue weighted by Gasteiger charge is 2.43. The standard InChI is InChI=1S/C69H92S5/c1-11-19-23-27-31-53-54(32-28-24-20-12-2)66(63-42-40-60(72-63)61-43-44-64(73-61)68(10,17-7)18-8)74-65(53)62-41-39-59(71-62)58-38-37-57(70-58)49-33-35-51-52-36-34-50(67(9,15-5)16-6)48-56(52)69(55(51)47-49,45-29-25-21-13-3)46-30-26-22-14-4/h33-44,47-48H,11-32,45-46H2,1-10H3. The monoisotopic (exact) mass is 1080 g/mol. The molecule has 5 aromatic heterocycles. The van der Waals surface area contributed by atoms with Crippen LogP contribution in [0.1, 0.15) is 243 Å². The number of rotatable bonds is 31. The second-order valence-electron chi connectivity index (χ2n) is 22.8. The Labute approximate surface area is 470 Å². The molecule has 0 atom stereocenters. The van der Waals surface area contributed by atoms with Crippen LogP contribution >= 0.6 is 56.7 Å². The Hall–Kier alpha value is -3.06. The van der Waals surface area contributed by atoms with E-state index in [1.54, 1.807) is 37.6 Å². The second-order valence-corrected chi connectivity index (χ2v) is 28.1. The molecule has 0 radical (unpaired) electrons. The summed E-state index contributed by atoms with van der Waals surface area (Å²) in [5.74, 6) is 0. The summed E-state index contributed by atoms with van der Waals surface area (Å²) in [5.41, 5.74) is 13.0. The first-order valence-electron chi connectivity index (χ1n) is 29.9. The lowest BCUT2D eigenvalue weighted by Gasteiger charge is -2.35. The molecule has 1 aliphatic carbocycles. The zero-order valence-electron chi connectivity index (χ0n) is 47.6. The van der Waals surface area contributed by atoms with Gasteiger partial charge in [0.2, 0.25) is 0 Å². The summed E-state index contributed by atoms with van der Waals surface area (Å²) in [5, 5.41) is 0. The first-order valence-corrected chi connectivity index (χ1v) is 34.0. The topological polar surface area (TPSA) is 0 Å². The summed E-state index contributed by atoms with van der Waals surface area (Å²) >= 11 is 10.2. The molecule has 2 aromatic carbocycles. The molecule has 0 amide bonds. The van der Waals surface area contributed by atoms with Gasteiger partial charge >= 0.3 is 0 Å². The zero-order valence-corrected chi connectivity index (χ0v) is 51.7. The largest absolute Gasteiger partial charge is 0.139 e. The van der Waals surface area contributed by atoms with E-state index in [2.05, 4.69) is 166 Å². The number of unbranched alkanes of at least 4 members (excludes halogenated alkanes) is 12. The van der Waals surface area contributed by atoms with Gasteiger partial charge in [-0.25, -0.2) is 0 Å². The van der Waals surface area contributed by atoms with Crippen molar-refractivity contribution in [1.29, 1.82) is 0 Å². The molecule has 0 aliphatic heterocycles. The van der Waals surface area contributed by atoms with E-state index in [0.717, 1.165) is 0 Å². The highest BCUT2D eigenvalue weighted by molar-refractivity contribution is 7.30. The third-order valence-electron chi connectivity index (χ3n) is 18.0. The van der Waals surface area contributed by atoms with Gasteiger partial charge in [-0.2, -0.15) is 0 Å². The van der Waals surface area contributed by atoms with Crippen molar-refractivity contribution < 1.29 is 0 Å². The Balaban J connectivity index is 1.15. The number of benzene rings is 2. The molecule has 0 saturated heterocycles. The minimum absolute atomic E-state index is 0.0650. The van der Waals surface area contributed by atoms with E-state index in [0.29, 0.717) is 0 Å². The summed E-state index contributed by atoms with van der Waals surface area (Å²) in [6, 6.07) is 34.9. The van der Waals surface area contributed by atoms with E-state index in [1.807, 2.05) is 45.3 Å². The molecule has 0 bridgehead atoms. The maximum atomic E-state index is 2.70. The van der Waals surface area contributed by atoms with Crippen LogP contribution in [0.3, 0.4) is 0 Å². The van der Waals surface area contributed by atoms with Gasteiger partial charge in [-0.1, -0.05) is 189 Å². The van der Waals surface area contributed by atoms with Crippen LogP contribution in [0.4, 0.5) is 0 Å². The van der Waals surface area contributed by atoms with Gasteiger partial charge in [0.1, 0.15) is 0 Å². The van der Waals surface area contributed by atoms with Gasteiger partial charge in [0.05, 0.1) is 0 Å². The molecule has 398 valence electrons. The van der Waals surface area contributed by atoms with Crippen molar-refractivity contribution in [2.75, 3.05) is 0 Å². The fourth-order valence-corrected chi connectivity index (χ4v) is 18.3. The normalized spacial score (nSPS) is 13.3. The number of fused-ring (bicyclic) bond motifs is 3. The van der Waals surface area contributed by atoms with E-state index < -0.39 is 0 Å². The van der Waals surface area contributed by atoms with Crippen molar-refractivity contribution in [1.82, 2.24) is 0 Å². The van der Waals surface area contributed by atoms with Crippen LogP contribution in [0.5, 0.6) is 0 Å². The van der Waals surface area contributed by atoms with Crippen LogP contribution in [-0.2, 0) is 29.1 Å². The van der Waals surface area contributed by atoms with Gasteiger partial charge < -0.3 is 0 Å². The van der Waals surface area contributed by atoms with E-state index >= 15 is 0 Å². The minimum atomic E-state index is 0.0650. The Morgan fingerprint density at radius 3 is 1.28 bits per heavy atom. The molecule has 0 spiro atoms. The lowest BCUT2D eigenvalue weighted by molar-refractivity contribution is 0.397. The molecule has 5 heterocycles. The third kappa shape index (κ3) is 12.3. The van der Waals surface area contributed by atoms with Crippen LogP contribution in [0.2, 0.25) is 0 Å². The molecule has 0 unspecified atom stereocenters. The molecule has 74 heavy (non-hydrogen) atoms. The maximum Gasteiger partial charge on any atom is 0.0484 e. The van der Waals surface area contributed by atoms with Crippen LogP contribution in [0.25, 0.3) is 60.6 Å². The number of hydrogen-bond acceptors (Lipinski definition) is 5. The molecule has 0 fully saturated rings. The molecule has 5 heteroatoms. The Morgan fingerprint density at radius 1 is 0.365 bits per heavy atom.